The quantitative estimate of drug-likeness (QED) is 0.0926. The fourth-order valence-electron chi connectivity index (χ4n) is 5.73. The number of rotatable bonds is 9. The second-order valence-electron chi connectivity index (χ2n) is 10.4. The van der Waals surface area contributed by atoms with Crippen LogP contribution in [0.25, 0.3) is 0 Å². The molecule has 0 amide bonds. The van der Waals surface area contributed by atoms with E-state index in [0.717, 1.165) is 23.2 Å². The number of nitrogens with one attached hydrogen (secondary N) is 1. The van der Waals surface area contributed by atoms with E-state index in [1.807, 2.05) is 25.1 Å². The average molecular weight is 580 g/mol. The van der Waals surface area contributed by atoms with Crippen LogP contribution >= 0.6 is 11.6 Å². The zero-order chi connectivity index (χ0) is 29.1. The van der Waals surface area contributed by atoms with Crippen molar-refractivity contribution in [2.75, 3.05) is 11.9 Å². The Kier molecular flexibility index (Phi) is 7.93. The fourth-order valence-corrected chi connectivity index (χ4v) is 6.00. The van der Waals surface area contributed by atoms with Gasteiger partial charge in [-0.2, -0.15) is 0 Å². The van der Waals surface area contributed by atoms with Gasteiger partial charge in [0, 0.05) is 30.0 Å². The zero-order valence-electron chi connectivity index (χ0n) is 23.1. The minimum Gasteiger partial charge on any atom is -0.490 e. The topological polar surface area (TPSA) is 86.0 Å². The van der Waals surface area contributed by atoms with Crippen molar-refractivity contribution >= 4 is 34.9 Å². The lowest BCUT2D eigenvalue weighted by Gasteiger charge is -2.37. The number of allylic oxidation sites excluding steroid dienone is 2. The van der Waals surface area contributed by atoms with Crippen LogP contribution in [-0.4, -0.2) is 17.7 Å². The zero-order valence-corrected chi connectivity index (χ0v) is 23.8. The minimum atomic E-state index is -0.432. The van der Waals surface area contributed by atoms with Gasteiger partial charge in [-0.3, -0.25) is 15.1 Å². The number of fused-ring (bicyclic) bond motifs is 3. The van der Waals surface area contributed by atoms with Crippen LogP contribution in [0.1, 0.15) is 47.6 Å². The number of halogens is 1. The van der Waals surface area contributed by atoms with Crippen molar-refractivity contribution in [2.24, 2.45) is 10.9 Å². The summed E-state index contributed by atoms with van der Waals surface area (Å²) in [6.45, 7) is 2.51. The fraction of sp³-hybridized carbons (Fsp3) is 0.206. The highest BCUT2D eigenvalue weighted by Gasteiger charge is 2.37. The van der Waals surface area contributed by atoms with E-state index in [2.05, 4.69) is 58.9 Å². The smallest absolute Gasteiger partial charge is 0.269 e. The maximum atomic E-state index is 10.9. The van der Waals surface area contributed by atoms with E-state index in [0.29, 0.717) is 35.0 Å². The number of para-hydroxylation sites is 1. The molecule has 6 rings (SSSR count). The van der Waals surface area contributed by atoms with E-state index in [-0.39, 0.29) is 18.3 Å². The van der Waals surface area contributed by atoms with Crippen LogP contribution in [0.2, 0.25) is 5.02 Å². The molecule has 1 aliphatic carbocycles. The number of aliphatic imine (C=N–C) groups is 1. The Hall–Kier alpha value is -4.62. The molecule has 2 aliphatic rings. The summed E-state index contributed by atoms with van der Waals surface area (Å²) in [7, 11) is 0. The molecule has 1 aliphatic heterocycles. The molecular formula is C34H30ClN3O4. The predicted molar refractivity (Wildman–Crippen MR) is 167 cm³/mol. The van der Waals surface area contributed by atoms with Crippen molar-refractivity contribution in [3.63, 3.8) is 0 Å². The van der Waals surface area contributed by atoms with Crippen molar-refractivity contribution < 1.29 is 14.4 Å². The van der Waals surface area contributed by atoms with Crippen LogP contribution < -0.4 is 14.8 Å². The molecule has 4 aromatic carbocycles. The molecule has 0 saturated heterocycles. The lowest BCUT2D eigenvalue weighted by molar-refractivity contribution is -0.384. The van der Waals surface area contributed by atoms with Gasteiger partial charge in [0.25, 0.3) is 5.69 Å². The molecule has 4 aromatic rings. The number of nitrogens with zero attached hydrogens (tertiary/aromatic N) is 2. The van der Waals surface area contributed by atoms with Gasteiger partial charge in [0.1, 0.15) is 6.61 Å². The number of nitro groups is 1. The number of hydrogen-bond donors (Lipinski definition) is 1. The van der Waals surface area contributed by atoms with E-state index >= 15 is 0 Å². The van der Waals surface area contributed by atoms with E-state index in [1.165, 1.54) is 28.9 Å². The first-order chi connectivity index (χ1) is 20.5. The Bertz CT molecular complexity index is 1650. The van der Waals surface area contributed by atoms with Crippen molar-refractivity contribution in [3.8, 4) is 11.5 Å². The number of nitro benzene ring substituents is 1. The normalized spacial score (nSPS) is 18.8. The molecule has 42 heavy (non-hydrogen) atoms. The first-order valence-electron chi connectivity index (χ1n) is 14.0. The number of ether oxygens (including phenoxy) is 2. The summed E-state index contributed by atoms with van der Waals surface area (Å²) in [4.78, 5) is 15.2. The highest BCUT2D eigenvalue weighted by Crippen LogP contribution is 2.49. The molecule has 3 atom stereocenters. The standard InChI is InChI=1S/C34H30ClN3O4/c1-2-41-32-19-23(18-30(35)34(32)42-21-22-10-16-26(17-11-22)38(39)40)20-36-25-14-12-24(13-15-25)33-29-8-5-7-27(29)28-6-3-4-9-31(28)37-33/h3-7,9-20,27,29,33,37H,2,8,21H2,1H3/t27-,29-,33-/m0/s1. The van der Waals surface area contributed by atoms with E-state index in [1.54, 1.807) is 24.4 Å². The Labute approximate surface area is 249 Å². The molecule has 212 valence electrons. The molecule has 8 heteroatoms. The molecule has 1 heterocycles. The van der Waals surface area contributed by atoms with Gasteiger partial charge in [-0.1, -0.05) is 54.1 Å². The number of anilines is 1. The molecule has 0 radical (unpaired) electrons. The molecule has 1 N–H and O–H groups in total. The Morgan fingerprint density at radius 3 is 2.60 bits per heavy atom. The predicted octanol–water partition coefficient (Wildman–Crippen LogP) is 8.80. The van der Waals surface area contributed by atoms with Crippen LogP contribution in [0.15, 0.2) is 102 Å². The third-order valence-corrected chi connectivity index (χ3v) is 8.03. The number of non-ortho nitro benzene ring substituents is 1. The monoisotopic (exact) mass is 579 g/mol. The maximum Gasteiger partial charge on any atom is 0.269 e. The van der Waals surface area contributed by atoms with E-state index in [4.69, 9.17) is 21.1 Å². The second-order valence-corrected chi connectivity index (χ2v) is 10.8. The lowest BCUT2D eigenvalue weighted by Crippen LogP contribution is -2.28. The van der Waals surface area contributed by atoms with Gasteiger partial charge in [0.15, 0.2) is 11.5 Å². The second kappa shape index (κ2) is 12.1. The number of benzene rings is 4. The van der Waals surface area contributed by atoms with Crippen molar-refractivity contribution in [3.05, 3.63) is 134 Å². The third-order valence-electron chi connectivity index (χ3n) is 7.75. The van der Waals surface area contributed by atoms with Crippen LogP contribution in [0.4, 0.5) is 17.1 Å². The highest BCUT2D eigenvalue weighted by atomic mass is 35.5. The highest BCUT2D eigenvalue weighted by molar-refractivity contribution is 6.32. The molecule has 0 aromatic heterocycles. The van der Waals surface area contributed by atoms with Crippen LogP contribution in [-0.2, 0) is 6.61 Å². The number of hydrogen-bond acceptors (Lipinski definition) is 6. The van der Waals surface area contributed by atoms with Crippen LogP contribution in [0, 0.1) is 16.0 Å². The van der Waals surface area contributed by atoms with Crippen LogP contribution in [0.5, 0.6) is 11.5 Å². The van der Waals surface area contributed by atoms with Gasteiger partial charge < -0.3 is 14.8 Å². The summed E-state index contributed by atoms with van der Waals surface area (Å²) in [5, 5.41) is 15.1. The average Bonchev–Trinajstić information content (AvgIpc) is 3.50. The molecule has 0 saturated carbocycles. The lowest BCUT2D eigenvalue weighted by atomic mass is 9.77. The molecule has 0 spiro atoms. The Balaban J connectivity index is 1.16. The van der Waals surface area contributed by atoms with Crippen molar-refractivity contribution in [2.45, 2.75) is 31.9 Å². The van der Waals surface area contributed by atoms with E-state index in [9.17, 15) is 10.1 Å². The molecule has 0 bridgehead atoms. The summed E-state index contributed by atoms with van der Waals surface area (Å²) in [6, 6.07) is 27.1. The summed E-state index contributed by atoms with van der Waals surface area (Å²) >= 11 is 6.60. The first kappa shape index (κ1) is 27.5. The maximum absolute atomic E-state index is 10.9. The Morgan fingerprint density at radius 2 is 1.83 bits per heavy atom. The summed E-state index contributed by atoms with van der Waals surface area (Å²) < 4.78 is 11.8. The first-order valence-corrected chi connectivity index (χ1v) is 14.4. The Morgan fingerprint density at radius 1 is 1.05 bits per heavy atom. The summed E-state index contributed by atoms with van der Waals surface area (Å²) in [6.07, 6.45) is 7.48. The summed E-state index contributed by atoms with van der Waals surface area (Å²) in [5.41, 5.74) is 6.26. The van der Waals surface area contributed by atoms with Gasteiger partial charge in [-0.15, -0.1) is 0 Å². The molecule has 7 nitrogen and oxygen atoms in total. The van der Waals surface area contributed by atoms with Crippen molar-refractivity contribution in [1.82, 2.24) is 0 Å². The largest absolute Gasteiger partial charge is 0.490 e. The van der Waals surface area contributed by atoms with Gasteiger partial charge >= 0.3 is 0 Å². The minimum absolute atomic E-state index is 0.0289. The van der Waals surface area contributed by atoms with Gasteiger partial charge in [0.2, 0.25) is 0 Å². The molecule has 0 unspecified atom stereocenters. The van der Waals surface area contributed by atoms with Gasteiger partial charge in [0.05, 0.1) is 28.3 Å². The third kappa shape index (κ3) is 5.74. The summed E-state index contributed by atoms with van der Waals surface area (Å²) in [5.74, 6) is 1.86. The van der Waals surface area contributed by atoms with Gasteiger partial charge in [-0.25, -0.2) is 0 Å². The van der Waals surface area contributed by atoms with Crippen LogP contribution in [0.3, 0.4) is 0 Å². The SMILES string of the molecule is CCOc1cc(C=Nc2ccc([C@@H]3Nc4ccccc4[C@@H]4C=CC[C@@H]43)cc2)cc(Cl)c1OCc1ccc([N+](=O)[O-])cc1. The molecular weight excluding hydrogens is 550 g/mol. The van der Waals surface area contributed by atoms with E-state index < -0.39 is 4.92 Å². The molecule has 0 fully saturated rings. The van der Waals surface area contributed by atoms with Crippen molar-refractivity contribution in [1.29, 1.82) is 0 Å². The van der Waals surface area contributed by atoms with Gasteiger partial charge in [-0.05, 0) is 84.0 Å².